The molecule has 0 saturated heterocycles. The zero-order valence-electron chi connectivity index (χ0n) is 11.0. The molecule has 0 bridgehead atoms. The van der Waals surface area contributed by atoms with Crippen LogP contribution in [0.2, 0.25) is 0 Å². The van der Waals surface area contributed by atoms with E-state index in [2.05, 4.69) is 4.98 Å². The molecule has 1 saturated carbocycles. The van der Waals surface area contributed by atoms with Crippen LogP contribution in [0, 0.1) is 6.92 Å². The standard InChI is InChI=1S/C12H17ClN2O2S2/c1-8-14-9-4-3-5-10(11(9)18-8)15(2)19(16,17)12(13)6-7-12/h10H,3-7H2,1-2H3/t10-/m0/s1. The quantitative estimate of drug-likeness (QED) is 0.805. The molecule has 0 amide bonds. The van der Waals surface area contributed by atoms with Gasteiger partial charge in [-0.15, -0.1) is 22.9 Å². The Morgan fingerprint density at radius 1 is 1.47 bits per heavy atom. The monoisotopic (exact) mass is 320 g/mol. The molecule has 0 radical (unpaired) electrons. The first-order valence-corrected chi connectivity index (χ1v) is 9.11. The summed E-state index contributed by atoms with van der Waals surface area (Å²) in [5.41, 5.74) is 1.07. The number of fused-ring (bicyclic) bond motifs is 1. The minimum atomic E-state index is -3.42. The van der Waals surface area contributed by atoms with Gasteiger partial charge in [0.1, 0.15) is 0 Å². The second-order valence-electron chi connectivity index (χ2n) is 5.36. The summed E-state index contributed by atoms with van der Waals surface area (Å²) in [6, 6.07) is -0.0869. The Hall–Kier alpha value is -0.170. The van der Waals surface area contributed by atoms with E-state index in [1.165, 1.54) is 4.31 Å². The van der Waals surface area contributed by atoms with Crippen molar-refractivity contribution in [1.29, 1.82) is 0 Å². The van der Waals surface area contributed by atoms with Crippen molar-refractivity contribution < 1.29 is 8.42 Å². The zero-order valence-corrected chi connectivity index (χ0v) is 13.4. The molecule has 2 aliphatic carbocycles. The minimum absolute atomic E-state index is 0.0869. The summed E-state index contributed by atoms with van der Waals surface area (Å²) >= 11 is 7.75. The second-order valence-corrected chi connectivity index (χ2v) is 9.85. The van der Waals surface area contributed by atoms with Crippen LogP contribution >= 0.6 is 22.9 Å². The predicted molar refractivity (Wildman–Crippen MR) is 77.0 cm³/mol. The van der Waals surface area contributed by atoms with Crippen LogP contribution in [-0.2, 0) is 16.4 Å². The van der Waals surface area contributed by atoms with Gasteiger partial charge in [0.15, 0.2) is 4.21 Å². The van der Waals surface area contributed by atoms with Gasteiger partial charge in [0.05, 0.1) is 16.7 Å². The van der Waals surface area contributed by atoms with Crippen molar-refractivity contribution in [3.05, 3.63) is 15.6 Å². The van der Waals surface area contributed by atoms with Crippen molar-refractivity contribution in [3.8, 4) is 0 Å². The van der Waals surface area contributed by atoms with E-state index in [0.717, 1.165) is 34.8 Å². The summed E-state index contributed by atoms with van der Waals surface area (Å²) in [6.45, 7) is 1.97. The van der Waals surface area contributed by atoms with Gasteiger partial charge in [0.2, 0.25) is 10.0 Å². The van der Waals surface area contributed by atoms with Crippen LogP contribution in [0.15, 0.2) is 0 Å². The highest BCUT2D eigenvalue weighted by atomic mass is 35.5. The second kappa shape index (κ2) is 4.41. The molecule has 1 aromatic rings. The summed E-state index contributed by atoms with van der Waals surface area (Å²) in [4.78, 5) is 5.61. The third-order valence-corrected chi connectivity index (χ3v) is 8.37. The van der Waals surface area contributed by atoms with Gasteiger partial charge in [-0.25, -0.2) is 13.4 Å². The maximum absolute atomic E-state index is 12.5. The topological polar surface area (TPSA) is 50.3 Å². The maximum Gasteiger partial charge on any atom is 0.234 e. The van der Waals surface area contributed by atoms with Crippen molar-refractivity contribution in [2.75, 3.05) is 7.05 Å². The number of nitrogens with zero attached hydrogens (tertiary/aromatic N) is 2. The van der Waals surface area contributed by atoms with Gasteiger partial charge >= 0.3 is 0 Å². The zero-order chi connectivity index (χ0) is 13.8. The molecule has 1 heterocycles. The van der Waals surface area contributed by atoms with Crippen LogP contribution in [0.4, 0.5) is 0 Å². The number of rotatable bonds is 3. The van der Waals surface area contributed by atoms with E-state index in [-0.39, 0.29) is 6.04 Å². The third-order valence-electron chi connectivity index (χ3n) is 3.95. The number of aryl methyl sites for hydroxylation is 2. The lowest BCUT2D eigenvalue weighted by Gasteiger charge is -2.31. The highest BCUT2D eigenvalue weighted by molar-refractivity contribution is 7.92. The molecular formula is C12H17ClN2O2S2. The average molecular weight is 321 g/mol. The Morgan fingerprint density at radius 2 is 2.16 bits per heavy atom. The first kappa shape index (κ1) is 13.8. The Labute approximate surface area is 122 Å². The fraction of sp³-hybridized carbons (Fsp3) is 0.750. The molecule has 0 aliphatic heterocycles. The fourth-order valence-electron chi connectivity index (χ4n) is 2.65. The summed E-state index contributed by atoms with van der Waals surface area (Å²) in [5, 5.41) is 1.01. The van der Waals surface area contributed by atoms with E-state index in [1.54, 1.807) is 18.4 Å². The van der Waals surface area contributed by atoms with Crippen LogP contribution < -0.4 is 0 Å². The SMILES string of the molecule is Cc1nc2c(s1)[C@@H](N(C)S(=O)(=O)C1(Cl)CC1)CCC2. The molecule has 2 aliphatic rings. The van der Waals surface area contributed by atoms with Gasteiger partial charge in [-0.3, -0.25) is 0 Å². The number of alkyl halides is 1. The molecule has 0 spiro atoms. The largest absolute Gasteiger partial charge is 0.246 e. The molecule has 7 heteroatoms. The molecule has 3 rings (SSSR count). The van der Waals surface area contributed by atoms with Gasteiger partial charge in [-0.2, -0.15) is 4.31 Å². The van der Waals surface area contributed by atoms with E-state index in [0.29, 0.717) is 12.8 Å². The van der Waals surface area contributed by atoms with Crippen LogP contribution in [0.1, 0.15) is 47.3 Å². The van der Waals surface area contributed by atoms with Crippen molar-refractivity contribution in [2.24, 2.45) is 0 Å². The maximum atomic E-state index is 12.5. The number of sulfonamides is 1. The minimum Gasteiger partial charge on any atom is -0.246 e. The van der Waals surface area contributed by atoms with Crippen LogP contribution in [-0.4, -0.2) is 29.0 Å². The molecule has 0 N–H and O–H groups in total. The molecular weight excluding hydrogens is 304 g/mol. The molecule has 19 heavy (non-hydrogen) atoms. The van der Waals surface area contributed by atoms with Crippen molar-refractivity contribution in [1.82, 2.24) is 9.29 Å². The van der Waals surface area contributed by atoms with E-state index >= 15 is 0 Å². The van der Waals surface area contributed by atoms with E-state index in [1.807, 2.05) is 6.92 Å². The lowest BCUT2D eigenvalue weighted by molar-refractivity contribution is 0.339. The van der Waals surface area contributed by atoms with Gasteiger partial charge in [0, 0.05) is 11.9 Å². The summed E-state index contributed by atoms with van der Waals surface area (Å²) in [5.74, 6) is 0. The summed E-state index contributed by atoms with van der Waals surface area (Å²) < 4.78 is 25.5. The number of aromatic nitrogens is 1. The fourth-order valence-corrected chi connectivity index (χ4v) is 5.97. The molecule has 4 nitrogen and oxygen atoms in total. The molecule has 0 aromatic carbocycles. The van der Waals surface area contributed by atoms with Crippen molar-refractivity contribution in [3.63, 3.8) is 0 Å². The van der Waals surface area contributed by atoms with Gasteiger partial charge in [0.25, 0.3) is 0 Å². The van der Waals surface area contributed by atoms with Crippen LogP contribution in [0.3, 0.4) is 0 Å². The van der Waals surface area contributed by atoms with Crippen molar-refractivity contribution in [2.45, 2.75) is 49.3 Å². The molecule has 1 atom stereocenters. The summed E-state index contributed by atoms with van der Waals surface area (Å²) in [7, 11) is -1.76. The van der Waals surface area contributed by atoms with Crippen LogP contribution in [0.5, 0.6) is 0 Å². The first-order chi connectivity index (χ1) is 8.85. The lowest BCUT2D eigenvalue weighted by Crippen LogP contribution is -2.38. The molecule has 106 valence electrons. The van der Waals surface area contributed by atoms with Gasteiger partial charge in [-0.05, 0) is 39.0 Å². The smallest absolute Gasteiger partial charge is 0.234 e. The molecule has 1 aromatic heterocycles. The Bertz CT molecular complexity index is 607. The number of halogens is 1. The normalized spacial score (nSPS) is 25.4. The number of hydrogen-bond donors (Lipinski definition) is 0. The Kier molecular flexibility index (Phi) is 3.20. The highest BCUT2D eigenvalue weighted by Crippen LogP contribution is 2.51. The Balaban J connectivity index is 1.95. The number of hydrogen-bond acceptors (Lipinski definition) is 4. The summed E-state index contributed by atoms with van der Waals surface area (Å²) in [6.07, 6.45) is 3.91. The van der Waals surface area contributed by atoms with E-state index in [9.17, 15) is 8.42 Å². The van der Waals surface area contributed by atoms with Crippen molar-refractivity contribution >= 4 is 33.0 Å². The van der Waals surface area contributed by atoms with Gasteiger partial charge < -0.3 is 0 Å². The average Bonchev–Trinajstić information content (AvgIpc) is 2.99. The molecule has 0 unspecified atom stereocenters. The van der Waals surface area contributed by atoms with Gasteiger partial charge in [-0.1, -0.05) is 0 Å². The lowest BCUT2D eigenvalue weighted by atomic mass is 9.98. The predicted octanol–water partition coefficient (Wildman–Crippen LogP) is 2.82. The number of thiazole rings is 1. The third kappa shape index (κ3) is 2.13. The van der Waals surface area contributed by atoms with E-state index in [4.69, 9.17) is 11.6 Å². The van der Waals surface area contributed by atoms with Crippen LogP contribution in [0.25, 0.3) is 0 Å². The highest BCUT2D eigenvalue weighted by Gasteiger charge is 2.56. The van der Waals surface area contributed by atoms with E-state index < -0.39 is 14.2 Å². The molecule has 1 fully saturated rings. The Morgan fingerprint density at radius 3 is 2.79 bits per heavy atom. The first-order valence-electron chi connectivity index (χ1n) is 6.48.